The van der Waals surface area contributed by atoms with Crippen molar-refractivity contribution < 1.29 is 17.9 Å². The summed E-state index contributed by atoms with van der Waals surface area (Å²) < 4.78 is 38.2. The molecule has 154 valence electrons. The third-order valence-corrected chi connectivity index (χ3v) is 6.57. The Morgan fingerprint density at radius 3 is 1.79 bits per heavy atom. The van der Waals surface area contributed by atoms with Gasteiger partial charge in [-0.3, -0.25) is 0 Å². The van der Waals surface area contributed by atoms with Gasteiger partial charge in [-0.15, -0.1) is 6.58 Å². The molecule has 2 rings (SSSR count). The van der Waals surface area contributed by atoms with Crippen molar-refractivity contribution in [3.63, 3.8) is 0 Å². The maximum absolute atomic E-state index is 13.2. The summed E-state index contributed by atoms with van der Waals surface area (Å²) >= 11 is 0. The highest BCUT2D eigenvalue weighted by molar-refractivity contribution is 7.89. The molecule has 0 fully saturated rings. The highest BCUT2D eigenvalue weighted by Gasteiger charge is 2.32. The van der Waals surface area contributed by atoms with Crippen molar-refractivity contribution >= 4 is 10.0 Å². The van der Waals surface area contributed by atoms with Gasteiger partial charge in [0, 0.05) is 13.1 Å². The standard InChI is InChI=1S/C22H26N2O4S/c1-4-5-6-22(15-23)29(25,26)24(16-18-7-11-20(27-2)12-8-18)17-19-9-13-21(28-3)14-10-19/h4,7-14,22H,1,5-6,16-17H2,2-3H3/t22-/m1/s1. The maximum Gasteiger partial charge on any atom is 0.231 e. The number of methoxy groups -OCH3 is 2. The Labute approximate surface area is 173 Å². The zero-order valence-corrected chi connectivity index (χ0v) is 17.6. The molecule has 0 bridgehead atoms. The van der Waals surface area contributed by atoms with Crippen LogP contribution in [-0.2, 0) is 23.1 Å². The third-order valence-electron chi connectivity index (χ3n) is 4.53. The Kier molecular flexibility index (Phi) is 8.25. The molecule has 29 heavy (non-hydrogen) atoms. The molecule has 0 aliphatic carbocycles. The monoisotopic (exact) mass is 414 g/mol. The number of rotatable bonds is 11. The molecule has 1 atom stereocenters. The fourth-order valence-corrected chi connectivity index (χ4v) is 4.42. The number of nitrogens with zero attached hydrogens (tertiary/aromatic N) is 2. The number of ether oxygens (including phenoxy) is 2. The first-order valence-electron chi connectivity index (χ1n) is 9.20. The first-order chi connectivity index (χ1) is 13.9. The molecule has 0 N–H and O–H groups in total. The van der Waals surface area contributed by atoms with Gasteiger partial charge in [0.05, 0.1) is 20.3 Å². The fourth-order valence-electron chi connectivity index (χ4n) is 2.83. The molecule has 2 aromatic rings. The Bertz CT molecular complexity index is 883. The predicted molar refractivity (Wildman–Crippen MR) is 113 cm³/mol. The molecular weight excluding hydrogens is 388 g/mol. The van der Waals surface area contributed by atoms with E-state index in [0.717, 1.165) is 11.1 Å². The molecule has 0 saturated carbocycles. The molecule has 0 unspecified atom stereocenters. The van der Waals surface area contributed by atoms with E-state index < -0.39 is 15.3 Å². The number of sulfonamides is 1. The van der Waals surface area contributed by atoms with Gasteiger partial charge in [-0.1, -0.05) is 30.3 Å². The zero-order valence-electron chi connectivity index (χ0n) is 16.7. The number of nitriles is 1. The summed E-state index contributed by atoms with van der Waals surface area (Å²) in [4.78, 5) is 0. The Morgan fingerprint density at radius 1 is 1.00 bits per heavy atom. The van der Waals surface area contributed by atoms with Gasteiger partial charge in [-0.05, 0) is 48.2 Å². The highest BCUT2D eigenvalue weighted by Crippen LogP contribution is 2.22. The third kappa shape index (κ3) is 6.08. The van der Waals surface area contributed by atoms with Crippen molar-refractivity contribution in [2.45, 2.75) is 31.2 Å². The molecular formula is C22H26N2O4S. The van der Waals surface area contributed by atoms with Crippen LogP contribution >= 0.6 is 0 Å². The quantitative estimate of drug-likeness (QED) is 0.521. The Hall–Kier alpha value is -2.82. The molecule has 7 heteroatoms. The lowest BCUT2D eigenvalue weighted by Gasteiger charge is -2.25. The maximum atomic E-state index is 13.2. The van der Waals surface area contributed by atoms with Crippen LogP contribution in [0.25, 0.3) is 0 Å². The fraction of sp³-hybridized carbons (Fsp3) is 0.318. The van der Waals surface area contributed by atoms with Gasteiger partial charge in [0.2, 0.25) is 10.0 Å². The summed E-state index contributed by atoms with van der Waals surface area (Å²) in [5.41, 5.74) is 1.62. The number of hydrogen-bond acceptors (Lipinski definition) is 5. The van der Waals surface area contributed by atoms with E-state index in [9.17, 15) is 13.7 Å². The molecule has 0 aliphatic heterocycles. The molecule has 6 nitrogen and oxygen atoms in total. The van der Waals surface area contributed by atoms with E-state index in [-0.39, 0.29) is 19.5 Å². The van der Waals surface area contributed by atoms with Crippen molar-refractivity contribution in [2.24, 2.45) is 0 Å². The van der Waals surface area contributed by atoms with Crippen molar-refractivity contribution in [3.05, 3.63) is 72.3 Å². The predicted octanol–water partition coefficient (Wildman–Crippen LogP) is 3.89. The SMILES string of the molecule is C=CCC[C@H](C#N)S(=O)(=O)N(Cc1ccc(OC)cc1)Cc1ccc(OC)cc1. The van der Waals surface area contributed by atoms with E-state index in [4.69, 9.17) is 9.47 Å². The molecule has 0 radical (unpaired) electrons. The minimum absolute atomic E-state index is 0.157. The van der Waals surface area contributed by atoms with Crippen molar-refractivity contribution in [1.82, 2.24) is 4.31 Å². The van der Waals surface area contributed by atoms with E-state index in [2.05, 4.69) is 6.58 Å². The Morgan fingerprint density at radius 2 is 1.45 bits per heavy atom. The van der Waals surface area contributed by atoms with Gasteiger partial charge in [0.1, 0.15) is 11.5 Å². The second kappa shape index (κ2) is 10.6. The summed E-state index contributed by atoms with van der Waals surface area (Å²) in [6.07, 6.45) is 2.29. The van der Waals surface area contributed by atoms with Gasteiger partial charge in [0.15, 0.2) is 5.25 Å². The van der Waals surface area contributed by atoms with E-state index >= 15 is 0 Å². The van der Waals surface area contributed by atoms with Gasteiger partial charge >= 0.3 is 0 Å². The van der Waals surface area contributed by atoms with Gasteiger partial charge in [0.25, 0.3) is 0 Å². The average Bonchev–Trinajstić information content (AvgIpc) is 2.74. The topological polar surface area (TPSA) is 79.6 Å². The molecule has 0 saturated heterocycles. The van der Waals surface area contributed by atoms with Crippen LogP contribution in [0.4, 0.5) is 0 Å². The van der Waals surface area contributed by atoms with Gasteiger partial charge < -0.3 is 9.47 Å². The molecule has 0 amide bonds. The van der Waals surface area contributed by atoms with Crippen molar-refractivity contribution in [2.75, 3.05) is 14.2 Å². The second-order valence-electron chi connectivity index (χ2n) is 6.49. The van der Waals surface area contributed by atoms with Crippen LogP contribution in [0.3, 0.4) is 0 Å². The molecule has 2 aromatic carbocycles. The van der Waals surface area contributed by atoms with Crippen LogP contribution in [0.1, 0.15) is 24.0 Å². The van der Waals surface area contributed by atoms with E-state index in [0.29, 0.717) is 17.9 Å². The summed E-state index contributed by atoms with van der Waals surface area (Å²) in [7, 11) is -0.699. The van der Waals surface area contributed by atoms with Crippen molar-refractivity contribution in [1.29, 1.82) is 5.26 Å². The largest absolute Gasteiger partial charge is 0.497 e. The van der Waals surface area contributed by atoms with Gasteiger partial charge in [-0.25, -0.2) is 8.42 Å². The first kappa shape index (κ1) is 22.5. The summed E-state index contributed by atoms with van der Waals surface area (Å²) in [5.74, 6) is 1.39. The minimum Gasteiger partial charge on any atom is -0.497 e. The van der Waals surface area contributed by atoms with Crippen molar-refractivity contribution in [3.8, 4) is 17.6 Å². The van der Waals surface area contributed by atoms with Crippen LogP contribution in [-0.4, -0.2) is 32.2 Å². The summed E-state index contributed by atoms with van der Waals surface area (Å²) in [5, 5.41) is 8.35. The summed E-state index contributed by atoms with van der Waals surface area (Å²) in [6.45, 7) is 3.94. The summed E-state index contributed by atoms with van der Waals surface area (Å²) in [6, 6.07) is 16.4. The smallest absolute Gasteiger partial charge is 0.231 e. The molecule has 0 spiro atoms. The number of benzene rings is 2. The average molecular weight is 415 g/mol. The zero-order chi connectivity index (χ0) is 21.3. The van der Waals surface area contributed by atoms with Crippen LogP contribution < -0.4 is 9.47 Å². The lowest BCUT2D eigenvalue weighted by Crippen LogP contribution is -2.37. The minimum atomic E-state index is -3.85. The molecule has 0 aromatic heterocycles. The van der Waals surface area contributed by atoms with Crippen LogP contribution in [0, 0.1) is 11.3 Å². The Balaban J connectivity index is 2.33. The lowest BCUT2D eigenvalue weighted by molar-refractivity contribution is 0.393. The molecule has 0 heterocycles. The van der Waals surface area contributed by atoms with Gasteiger partial charge in [-0.2, -0.15) is 9.57 Å². The normalized spacial score (nSPS) is 12.2. The number of allylic oxidation sites excluding steroid dienone is 1. The molecule has 0 aliphatic rings. The highest BCUT2D eigenvalue weighted by atomic mass is 32.2. The van der Waals surface area contributed by atoms with Crippen LogP contribution in [0.15, 0.2) is 61.2 Å². The first-order valence-corrected chi connectivity index (χ1v) is 10.7. The van der Waals surface area contributed by atoms with Crippen LogP contribution in [0.2, 0.25) is 0 Å². The van der Waals surface area contributed by atoms with E-state index in [1.165, 1.54) is 4.31 Å². The number of hydrogen-bond donors (Lipinski definition) is 0. The van der Waals surface area contributed by atoms with E-state index in [1.54, 1.807) is 44.6 Å². The lowest BCUT2D eigenvalue weighted by atomic mass is 10.2. The van der Waals surface area contributed by atoms with Crippen LogP contribution in [0.5, 0.6) is 11.5 Å². The second-order valence-corrected chi connectivity index (χ2v) is 8.61. The van der Waals surface area contributed by atoms with E-state index in [1.807, 2.05) is 30.3 Å².